The van der Waals surface area contributed by atoms with Gasteiger partial charge >= 0.3 is 29.9 Å². The second-order valence-electron chi connectivity index (χ2n) is 15.0. The fraction of sp³-hybridized carbons (Fsp3) is 0.465. The van der Waals surface area contributed by atoms with Crippen molar-refractivity contribution < 1.29 is 42.9 Å². The van der Waals surface area contributed by atoms with Crippen LogP contribution < -0.4 is 15.4 Å². The molecule has 0 radical (unpaired) electrons. The number of hydrogen-bond acceptors (Lipinski definition) is 14. The Morgan fingerprint density at radius 3 is 1.18 bits per heavy atom. The Morgan fingerprint density at radius 2 is 0.877 bits per heavy atom. The van der Waals surface area contributed by atoms with Crippen molar-refractivity contribution in [1.29, 1.82) is 0 Å². The van der Waals surface area contributed by atoms with Gasteiger partial charge in [-0.2, -0.15) is 15.0 Å². The molecule has 308 valence electrons. The Hall–Kier alpha value is -5.79. The van der Waals surface area contributed by atoms with Crippen LogP contribution in [0.5, 0.6) is 6.01 Å². The van der Waals surface area contributed by atoms with E-state index in [2.05, 4.69) is 25.6 Å². The maximum atomic E-state index is 12.8. The van der Waals surface area contributed by atoms with Crippen LogP contribution >= 0.6 is 0 Å². The highest BCUT2D eigenvalue weighted by Gasteiger charge is 2.24. The summed E-state index contributed by atoms with van der Waals surface area (Å²) in [4.78, 5) is 64.8. The molecule has 2 aromatic carbocycles. The minimum atomic E-state index is -0.750. The fourth-order valence-corrected chi connectivity index (χ4v) is 4.44. The first-order chi connectivity index (χ1) is 27.1. The molecule has 1 aromatic heterocycles. The van der Waals surface area contributed by atoms with Gasteiger partial charge in [-0.05, 0) is 77.6 Å². The summed E-state index contributed by atoms with van der Waals surface area (Å²) >= 11 is 0. The largest absolute Gasteiger partial charge is 0.463 e. The van der Waals surface area contributed by atoms with E-state index in [0.29, 0.717) is 29.1 Å². The van der Waals surface area contributed by atoms with Gasteiger partial charge in [-0.1, -0.05) is 93.0 Å². The van der Waals surface area contributed by atoms with Crippen molar-refractivity contribution in [3.05, 3.63) is 70.8 Å². The second kappa shape index (κ2) is 23.3. The standard InChI is InChI=1S/C43H57N5O9/c1-10-11-20-53-43-47-41(44-33-16-12-31(13-17-33)21-35(37(49)54-23-27(2)3)38(50)55-24-28(4)5)46-42(48-43)45-34-18-14-32(15-19-34)22-36(39(51)56-25-29(6)7)40(52)57-26-30(8)9/h12-19,21-22,27-30H,10-11,20,23-26H2,1-9H3,(H2,44,45,46,47,48). The van der Waals surface area contributed by atoms with Crippen LogP contribution in [0.2, 0.25) is 0 Å². The van der Waals surface area contributed by atoms with Crippen molar-refractivity contribution >= 4 is 59.3 Å². The molecule has 0 atom stereocenters. The van der Waals surface area contributed by atoms with Crippen LogP contribution in [0, 0.1) is 23.7 Å². The molecular formula is C43H57N5O9. The third kappa shape index (κ3) is 16.9. The average molecular weight is 788 g/mol. The van der Waals surface area contributed by atoms with E-state index in [1.165, 1.54) is 12.2 Å². The van der Waals surface area contributed by atoms with Crippen LogP contribution in [0.25, 0.3) is 12.2 Å². The summed E-state index contributed by atoms with van der Waals surface area (Å²) < 4.78 is 27.2. The highest BCUT2D eigenvalue weighted by Crippen LogP contribution is 2.23. The molecule has 0 aliphatic rings. The molecule has 1 heterocycles. The minimum Gasteiger partial charge on any atom is -0.463 e. The van der Waals surface area contributed by atoms with Crippen LogP contribution in [0.4, 0.5) is 23.3 Å². The van der Waals surface area contributed by atoms with Gasteiger partial charge in [0.05, 0.1) is 33.0 Å². The first-order valence-corrected chi connectivity index (χ1v) is 19.4. The molecule has 0 bridgehead atoms. The van der Waals surface area contributed by atoms with E-state index in [0.717, 1.165) is 12.8 Å². The normalized spacial score (nSPS) is 10.9. The van der Waals surface area contributed by atoms with Gasteiger partial charge in [0.15, 0.2) is 0 Å². The highest BCUT2D eigenvalue weighted by molar-refractivity contribution is 6.18. The van der Waals surface area contributed by atoms with E-state index in [4.69, 9.17) is 23.7 Å². The van der Waals surface area contributed by atoms with Gasteiger partial charge < -0.3 is 34.3 Å². The van der Waals surface area contributed by atoms with Gasteiger partial charge in [-0.3, -0.25) is 0 Å². The number of hydrogen-bond donors (Lipinski definition) is 2. The van der Waals surface area contributed by atoms with Crippen molar-refractivity contribution in [2.45, 2.75) is 75.2 Å². The molecule has 0 unspecified atom stereocenters. The summed E-state index contributed by atoms with van der Waals surface area (Å²) in [5.74, 6) is -2.22. The molecule has 14 heteroatoms. The van der Waals surface area contributed by atoms with Gasteiger partial charge in [0.2, 0.25) is 11.9 Å². The minimum absolute atomic E-state index is 0.0960. The van der Waals surface area contributed by atoms with Crippen LogP contribution in [-0.2, 0) is 38.1 Å². The number of benzene rings is 2. The number of ether oxygens (including phenoxy) is 5. The Morgan fingerprint density at radius 1 is 0.544 bits per heavy atom. The Balaban J connectivity index is 1.85. The molecule has 0 spiro atoms. The van der Waals surface area contributed by atoms with E-state index in [-0.39, 0.29) is 79.2 Å². The number of nitrogens with zero attached hydrogens (tertiary/aromatic N) is 3. The number of carbonyl (C=O) groups excluding carboxylic acids is 4. The quantitative estimate of drug-likeness (QED) is 0.0249. The zero-order chi connectivity index (χ0) is 41.9. The summed E-state index contributed by atoms with van der Waals surface area (Å²) in [5, 5.41) is 6.31. The number of carbonyl (C=O) groups is 4. The van der Waals surface area contributed by atoms with Crippen molar-refractivity contribution in [2.75, 3.05) is 43.7 Å². The molecule has 14 nitrogen and oxygen atoms in total. The lowest BCUT2D eigenvalue weighted by molar-refractivity contribution is -0.149. The number of unbranched alkanes of at least 4 members (excludes halogenated alkanes) is 1. The summed E-state index contributed by atoms with van der Waals surface area (Å²) in [5.41, 5.74) is 1.98. The number of esters is 4. The number of anilines is 4. The van der Waals surface area contributed by atoms with Crippen LogP contribution in [0.15, 0.2) is 59.7 Å². The molecule has 3 aromatic rings. The third-order valence-electron chi connectivity index (χ3n) is 7.37. The summed E-state index contributed by atoms with van der Waals surface area (Å²) in [6, 6.07) is 14.0. The lowest BCUT2D eigenvalue weighted by Gasteiger charge is -2.12. The molecule has 2 N–H and O–H groups in total. The predicted molar refractivity (Wildman–Crippen MR) is 219 cm³/mol. The summed E-state index contributed by atoms with van der Waals surface area (Å²) in [7, 11) is 0. The molecule has 3 rings (SSSR count). The molecule has 0 saturated carbocycles. The molecular weight excluding hydrogens is 730 g/mol. The zero-order valence-electron chi connectivity index (χ0n) is 34.5. The fourth-order valence-electron chi connectivity index (χ4n) is 4.44. The maximum absolute atomic E-state index is 12.8. The van der Waals surface area contributed by atoms with Gasteiger partial charge in [0, 0.05) is 11.4 Å². The van der Waals surface area contributed by atoms with Gasteiger partial charge in [0.25, 0.3) is 0 Å². The summed E-state index contributed by atoms with van der Waals surface area (Å²) in [6.45, 7) is 18.4. The van der Waals surface area contributed by atoms with E-state index < -0.39 is 23.9 Å². The number of rotatable bonds is 22. The van der Waals surface area contributed by atoms with Gasteiger partial charge in [0.1, 0.15) is 11.1 Å². The molecule has 0 aliphatic carbocycles. The Labute approximate surface area is 335 Å². The van der Waals surface area contributed by atoms with E-state index >= 15 is 0 Å². The van der Waals surface area contributed by atoms with Crippen molar-refractivity contribution in [3.8, 4) is 6.01 Å². The molecule has 0 amide bonds. The van der Waals surface area contributed by atoms with Crippen LogP contribution in [-0.4, -0.2) is 71.9 Å². The smallest absolute Gasteiger partial charge is 0.345 e. The predicted octanol–water partition coefficient (Wildman–Crippen LogP) is 8.10. The van der Waals surface area contributed by atoms with Gasteiger partial charge in [-0.25, -0.2) is 19.2 Å². The van der Waals surface area contributed by atoms with Crippen LogP contribution in [0.1, 0.15) is 86.3 Å². The number of nitrogens with one attached hydrogen (secondary N) is 2. The van der Waals surface area contributed by atoms with E-state index in [1.54, 1.807) is 48.5 Å². The SMILES string of the molecule is CCCCOc1nc(Nc2ccc(C=C(C(=O)OCC(C)C)C(=O)OCC(C)C)cc2)nc(Nc2ccc(C=C(C(=O)OCC(C)C)C(=O)OCC(C)C)cc2)n1. The monoisotopic (exact) mass is 787 g/mol. The number of aromatic nitrogens is 3. The lowest BCUT2D eigenvalue weighted by Crippen LogP contribution is -2.21. The third-order valence-corrected chi connectivity index (χ3v) is 7.37. The van der Waals surface area contributed by atoms with E-state index in [9.17, 15) is 19.2 Å². The first kappa shape index (κ1) is 45.6. The van der Waals surface area contributed by atoms with Crippen molar-refractivity contribution in [3.63, 3.8) is 0 Å². The topological polar surface area (TPSA) is 177 Å². The van der Waals surface area contributed by atoms with E-state index in [1.807, 2.05) is 62.3 Å². The molecule has 57 heavy (non-hydrogen) atoms. The maximum Gasteiger partial charge on any atom is 0.345 e. The second-order valence-corrected chi connectivity index (χ2v) is 15.0. The lowest BCUT2D eigenvalue weighted by atomic mass is 10.1. The molecule has 0 saturated heterocycles. The highest BCUT2D eigenvalue weighted by atomic mass is 16.6. The Bertz CT molecular complexity index is 1660. The molecule has 0 fully saturated rings. The van der Waals surface area contributed by atoms with Crippen molar-refractivity contribution in [2.24, 2.45) is 23.7 Å². The molecule has 0 aliphatic heterocycles. The zero-order valence-corrected chi connectivity index (χ0v) is 34.5. The van der Waals surface area contributed by atoms with Gasteiger partial charge in [-0.15, -0.1) is 0 Å². The average Bonchev–Trinajstić information content (AvgIpc) is 3.16. The summed E-state index contributed by atoms with van der Waals surface area (Å²) in [6.07, 6.45) is 4.61. The van der Waals surface area contributed by atoms with Crippen LogP contribution in [0.3, 0.4) is 0 Å². The Kier molecular flexibility index (Phi) is 18.7. The first-order valence-electron chi connectivity index (χ1n) is 19.4. The van der Waals surface area contributed by atoms with Crippen molar-refractivity contribution in [1.82, 2.24) is 15.0 Å².